The third kappa shape index (κ3) is 4.98. The van der Waals surface area contributed by atoms with Crippen molar-refractivity contribution in [3.8, 4) is 0 Å². The number of hydrogen-bond donors (Lipinski definition) is 0. The second-order valence-corrected chi connectivity index (χ2v) is 10.1. The van der Waals surface area contributed by atoms with E-state index in [1.165, 1.54) is 28.6 Å². The predicted octanol–water partition coefficient (Wildman–Crippen LogP) is 3.68. The maximum atomic E-state index is 13.1. The molecule has 0 unspecified atom stereocenters. The first-order valence-corrected chi connectivity index (χ1v) is 12.1. The molecule has 1 fully saturated rings. The Morgan fingerprint density at radius 3 is 2.39 bits per heavy atom. The number of carbonyl (C=O) groups is 2. The number of esters is 1. The van der Waals surface area contributed by atoms with Crippen LogP contribution >= 0.6 is 0 Å². The van der Waals surface area contributed by atoms with E-state index in [-0.39, 0.29) is 41.5 Å². The average Bonchev–Trinajstić information content (AvgIpc) is 2.81. The quantitative estimate of drug-likeness (QED) is 0.406. The van der Waals surface area contributed by atoms with Gasteiger partial charge in [-0.05, 0) is 42.8 Å². The van der Waals surface area contributed by atoms with Crippen LogP contribution in [0, 0.1) is 0 Å². The lowest BCUT2D eigenvalue weighted by Crippen LogP contribution is -2.48. The second-order valence-electron chi connectivity index (χ2n) is 8.13. The highest BCUT2D eigenvalue weighted by Gasteiger charge is 2.32. The van der Waals surface area contributed by atoms with Gasteiger partial charge in [-0.25, -0.2) is 13.2 Å². The fourth-order valence-corrected chi connectivity index (χ4v) is 5.66. The molecule has 0 amide bonds. The monoisotopic (exact) mass is 467 g/mol. The van der Waals surface area contributed by atoms with Crippen molar-refractivity contribution in [1.82, 2.24) is 4.31 Å². The number of nitrogens with zero attached hydrogens (tertiary/aromatic N) is 1. The lowest BCUT2D eigenvalue weighted by Gasteiger charge is -2.34. The number of benzene rings is 3. The van der Waals surface area contributed by atoms with E-state index in [1.54, 1.807) is 12.1 Å². The van der Waals surface area contributed by atoms with Gasteiger partial charge in [0, 0.05) is 18.7 Å². The van der Waals surface area contributed by atoms with Crippen LogP contribution in [0.3, 0.4) is 0 Å². The third-order valence-corrected chi connectivity index (χ3v) is 7.35. The van der Waals surface area contributed by atoms with Crippen LogP contribution in [-0.2, 0) is 19.5 Å². The minimum atomic E-state index is -3.80. The molecule has 1 aliphatic heterocycles. The molecule has 7 nitrogen and oxygen atoms in total. The second kappa shape index (κ2) is 9.43. The van der Waals surface area contributed by atoms with E-state index < -0.39 is 22.6 Å². The number of morpholine rings is 1. The molecule has 172 valence electrons. The first-order valence-electron chi connectivity index (χ1n) is 10.7. The molecule has 3 aromatic carbocycles. The number of hydrogen-bond acceptors (Lipinski definition) is 6. The molecule has 4 rings (SSSR count). The first kappa shape index (κ1) is 23.1. The molecule has 3 aromatic rings. The molecule has 0 saturated carbocycles. The molecule has 1 aliphatic rings. The van der Waals surface area contributed by atoms with E-state index in [2.05, 4.69) is 0 Å². The van der Waals surface area contributed by atoms with E-state index in [9.17, 15) is 18.0 Å². The van der Waals surface area contributed by atoms with Crippen molar-refractivity contribution < 1.29 is 27.5 Å². The van der Waals surface area contributed by atoms with Gasteiger partial charge in [0.2, 0.25) is 15.8 Å². The Balaban J connectivity index is 1.48. The lowest BCUT2D eigenvalue weighted by molar-refractivity contribution is -0.0440. The van der Waals surface area contributed by atoms with Gasteiger partial charge in [0.25, 0.3) is 0 Å². The molecular formula is C25H25NO6S. The Bertz CT molecular complexity index is 1290. The van der Waals surface area contributed by atoms with Gasteiger partial charge in [0.1, 0.15) is 0 Å². The number of carbonyl (C=O) groups excluding carboxylic acids is 2. The normalized spacial score (nSPS) is 19.3. The standard InChI is InChI=1S/C25H25NO6S/c1-17-14-26(15-18(2)32-17)33(29,30)21-10-5-9-20(13-21)25(28)31-16-24(27)23-12-6-8-19-7-3-4-11-22(19)23/h3-13,17-18H,14-16H2,1-2H3/t17-,18+. The van der Waals surface area contributed by atoms with Gasteiger partial charge in [-0.1, -0.05) is 48.5 Å². The van der Waals surface area contributed by atoms with Crippen LogP contribution in [0.15, 0.2) is 71.6 Å². The molecule has 0 radical (unpaired) electrons. The zero-order valence-corrected chi connectivity index (χ0v) is 19.2. The van der Waals surface area contributed by atoms with E-state index in [0.717, 1.165) is 10.8 Å². The van der Waals surface area contributed by atoms with Gasteiger partial charge in [-0.2, -0.15) is 4.31 Å². The third-order valence-electron chi connectivity index (χ3n) is 5.52. The number of fused-ring (bicyclic) bond motifs is 1. The molecule has 1 saturated heterocycles. The molecule has 0 aliphatic carbocycles. The van der Waals surface area contributed by atoms with Crippen LogP contribution in [0.5, 0.6) is 0 Å². The summed E-state index contributed by atoms with van der Waals surface area (Å²) in [6, 6.07) is 18.5. The van der Waals surface area contributed by atoms with Gasteiger partial charge >= 0.3 is 5.97 Å². The SMILES string of the molecule is C[C@@H]1CN(S(=O)(=O)c2cccc(C(=O)OCC(=O)c3cccc4ccccc34)c2)C[C@H](C)O1. The summed E-state index contributed by atoms with van der Waals surface area (Å²) in [6.45, 7) is 3.67. The summed E-state index contributed by atoms with van der Waals surface area (Å²) in [4.78, 5) is 25.3. The van der Waals surface area contributed by atoms with Crippen LogP contribution in [-0.4, -0.2) is 56.4 Å². The molecule has 33 heavy (non-hydrogen) atoms. The Kier molecular flexibility index (Phi) is 6.60. The van der Waals surface area contributed by atoms with Crippen LogP contribution in [0.2, 0.25) is 0 Å². The van der Waals surface area contributed by atoms with Crippen LogP contribution in [0.1, 0.15) is 34.6 Å². The maximum Gasteiger partial charge on any atom is 0.338 e. The molecule has 0 aromatic heterocycles. The van der Waals surface area contributed by atoms with Gasteiger partial charge in [-0.3, -0.25) is 4.79 Å². The Hall–Kier alpha value is -3.07. The van der Waals surface area contributed by atoms with Crippen molar-refractivity contribution in [2.45, 2.75) is 31.0 Å². The van der Waals surface area contributed by atoms with Gasteiger partial charge in [0.15, 0.2) is 6.61 Å². The Morgan fingerprint density at radius 1 is 0.970 bits per heavy atom. The minimum absolute atomic E-state index is 0.00127. The number of ether oxygens (including phenoxy) is 2. The molecule has 0 N–H and O–H groups in total. The van der Waals surface area contributed by atoms with E-state index >= 15 is 0 Å². The summed E-state index contributed by atoms with van der Waals surface area (Å²) in [5, 5.41) is 1.70. The Labute approximate surface area is 193 Å². The fourth-order valence-electron chi connectivity index (χ4n) is 4.02. The zero-order chi connectivity index (χ0) is 23.6. The highest BCUT2D eigenvalue weighted by Crippen LogP contribution is 2.23. The molecular weight excluding hydrogens is 442 g/mol. The van der Waals surface area contributed by atoms with Crippen molar-refractivity contribution in [1.29, 1.82) is 0 Å². The molecule has 8 heteroatoms. The van der Waals surface area contributed by atoms with Crippen LogP contribution in [0.25, 0.3) is 10.8 Å². The maximum absolute atomic E-state index is 13.1. The number of Topliss-reactive ketones (excluding diaryl/α,β-unsaturated/α-hetero) is 1. The fraction of sp³-hybridized carbons (Fsp3) is 0.280. The number of rotatable bonds is 6. The number of ketones is 1. The lowest BCUT2D eigenvalue weighted by atomic mass is 10.0. The van der Waals surface area contributed by atoms with Gasteiger partial charge in [0.05, 0.1) is 22.7 Å². The summed E-state index contributed by atoms with van der Waals surface area (Å²) in [5.41, 5.74) is 0.531. The summed E-state index contributed by atoms with van der Waals surface area (Å²) >= 11 is 0. The Morgan fingerprint density at radius 2 is 1.64 bits per heavy atom. The smallest absolute Gasteiger partial charge is 0.338 e. The van der Waals surface area contributed by atoms with E-state index in [1.807, 2.05) is 44.2 Å². The molecule has 2 atom stereocenters. The van der Waals surface area contributed by atoms with Gasteiger partial charge in [-0.15, -0.1) is 0 Å². The summed E-state index contributed by atoms with van der Waals surface area (Å²) in [6.07, 6.45) is -0.450. The minimum Gasteiger partial charge on any atom is -0.454 e. The molecule has 0 spiro atoms. The summed E-state index contributed by atoms with van der Waals surface area (Å²) < 4.78 is 38.4. The molecule has 0 bridgehead atoms. The average molecular weight is 468 g/mol. The predicted molar refractivity (Wildman–Crippen MR) is 124 cm³/mol. The summed E-state index contributed by atoms with van der Waals surface area (Å²) in [7, 11) is -3.80. The summed E-state index contributed by atoms with van der Waals surface area (Å²) in [5.74, 6) is -1.09. The van der Waals surface area contributed by atoms with Crippen molar-refractivity contribution in [2.75, 3.05) is 19.7 Å². The largest absolute Gasteiger partial charge is 0.454 e. The highest BCUT2D eigenvalue weighted by molar-refractivity contribution is 7.89. The van der Waals surface area contributed by atoms with Crippen molar-refractivity contribution in [2.24, 2.45) is 0 Å². The number of sulfonamides is 1. The van der Waals surface area contributed by atoms with E-state index in [4.69, 9.17) is 9.47 Å². The van der Waals surface area contributed by atoms with Crippen LogP contribution in [0.4, 0.5) is 0 Å². The van der Waals surface area contributed by atoms with Crippen molar-refractivity contribution >= 4 is 32.5 Å². The van der Waals surface area contributed by atoms with E-state index in [0.29, 0.717) is 5.56 Å². The van der Waals surface area contributed by atoms with Crippen LogP contribution < -0.4 is 0 Å². The highest BCUT2D eigenvalue weighted by atomic mass is 32.2. The molecule has 1 heterocycles. The topological polar surface area (TPSA) is 90.0 Å². The van der Waals surface area contributed by atoms with Crippen molar-refractivity contribution in [3.63, 3.8) is 0 Å². The first-order chi connectivity index (χ1) is 15.8. The van der Waals surface area contributed by atoms with Gasteiger partial charge < -0.3 is 9.47 Å². The zero-order valence-electron chi connectivity index (χ0n) is 18.4. The van der Waals surface area contributed by atoms with Crippen molar-refractivity contribution in [3.05, 3.63) is 77.9 Å².